The average Bonchev–Trinajstić information content (AvgIpc) is 2.92. The van der Waals surface area contributed by atoms with Crippen LogP contribution in [0.5, 0.6) is 0 Å². The molecule has 4 aliphatic rings. The first kappa shape index (κ1) is 20.9. The Labute approximate surface area is 175 Å². The molecule has 0 N–H and O–H groups in total. The summed E-state index contributed by atoms with van der Waals surface area (Å²) in [6.07, 6.45) is 11.3. The van der Waals surface area contributed by atoms with Crippen molar-refractivity contribution < 1.29 is 8.78 Å². The lowest BCUT2D eigenvalue weighted by atomic mass is 9.46. The molecule has 0 aromatic heterocycles. The molecule has 1 unspecified atom stereocenters. The van der Waals surface area contributed by atoms with Crippen molar-refractivity contribution in [2.24, 2.45) is 34.5 Å². The molecule has 3 heteroatoms. The van der Waals surface area contributed by atoms with Gasteiger partial charge in [0.1, 0.15) is 11.8 Å². The van der Waals surface area contributed by atoms with Crippen LogP contribution in [-0.4, -0.2) is 23.3 Å². The molecule has 0 aliphatic heterocycles. The highest BCUT2D eigenvalue weighted by Crippen LogP contribution is 2.70. The van der Waals surface area contributed by atoms with Crippen LogP contribution in [0.1, 0.15) is 72.6 Å². The van der Waals surface area contributed by atoms with Crippen LogP contribution < -0.4 is 0 Å². The van der Waals surface area contributed by atoms with Crippen LogP contribution in [-0.2, 0) is 0 Å². The van der Waals surface area contributed by atoms with Gasteiger partial charge in [0, 0.05) is 11.3 Å². The van der Waals surface area contributed by atoms with Crippen LogP contribution in [0.15, 0.2) is 23.8 Å². The first-order chi connectivity index (χ1) is 13.3. The summed E-state index contributed by atoms with van der Waals surface area (Å²) in [5, 5.41) is 0. The van der Waals surface area contributed by atoms with E-state index in [1.807, 2.05) is 19.1 Å². The second kappa shape index (κ2) is 7.43. The SMILES string of the molecule is CCCSCC[C@H]1[C@H](C)C[C@H]2[C@@H]3CC(F)C4=CCC=C[C@]4(C)[C@@]3(F)CC[C@]12C. The normalized spacial score (nSPS) is 49.9. The van der Waals surface area contributed by atoms with Crippen molar-refractivity contribution in [3.8, 4) is 0 Å². The van der Waals surface area contributed by atoms with Crippen LogP contribution >= 0.6 is 11.8 Å². The molecule has 0 spiro atoms. The maximum Gasteiger partial charge on any atom is 0.126 e. The summed E-state index contributed by atoms with van der Waals surface area (Å²) in [6.45, 7) is 9.02. The molecule has 4 aliphatic carbocycles. The Kier molecular flexibility index (Phi) is 5.56. The Morgan fingerprint density at radius 1 is 1.14 bits per heavy atom. The first-order valence-electron chi connectivity index (χ1n) is 11.6. The fourth-order valence-electron chi connectivity index (χ4n) is 7.76. The molecule has 0 amide bonds. The van der Waals surface area contributed by atoms with E-state index in [2.05, 4.69) is 38.6 Å². The van der Waals surface area contributed by atoms with Gasteiger partial charge in [-0.2, -0.15) is 11.8 Å². The number of alkyl halides is 2. The second-order valence-corrected chi connectivity index (χ2v) is 11.7. The predicted octanol–water partition coefficient (Wildman–Crippen LogP) is 7.55. The predicted molar refractivity (Wildman–Crippen MR) is 117 cm³/mol. The van der Waals surface area contributed by atoms with Gasteiger partial charge in [0.2, 0.25) is 0 Å². The number of hydrogen-bond acceptors (Lipinski definition) is 1. The van der Waals surface area contributed by atoms with E-state index in [0.717, 1.165) is 24.8 Å². The summed E-state index contributed by atoms with van der Waals surface area (Å²) in [7, 11) is 0. The van der Waals surface area contributed by atoms with Crippen LogP contribution in [0.2, 0.25) is 0 Å². The van der Waals surface area contributed by atoms with Gasteiger partial charge in [-0.1, -0.05) is 39.0 Å². The fourth-order valence-corrected chi connectivity index (χ4v) is 8.68. The largest absolute Gasteiger partial charge is 0.243 e. The highest BCUT2D eigenvalue weighted by Gasteiger charge is 2.68. The van der Waals surface area contributed by atoms with E-state index < -0.39 is 17.3 Å². The van der Waals surface area contributed by atoms with Gasteiger partial charge in [0.25, 0.3) is 0 Å². The Morgan fingerprint density at radius 3 is 2.68 bits per heavy atom. The van der Waals surface area contributed by atoms with Crippen LogP contribution in [0, 0.1) is 34.5 Å². The van der Waals surface area contributed by atoms with Gasteiger partial charge in [-0.25, -0.2) is 8.78 Å². The number of hydrogen-bond donors (Lipinski definition) is 0. The topological polar surface area (TPSA) is 0 Å². The third kappa shape index (κ3) is 2.88. The molecule has 0 aromatic rings. The van der Waals surface area contributed by atoms with Crippen molar-refractivity contribution >= 4 is 11.8 Å². The fraction of sp³-hybridized carbons (Fsp3) is 0.840. The van der Waals surface area contributed by atoms with Gasteiger partial charge in [0.05, 0.1) is 0 Å². The summed E-state index contributed by atoms with van der Waals surface area (Å²) >= 11 is 2.07. The van der Waals surface area contributed by atoms with Crippen LogP contribution in [0.3, 0.4) is 0 Å². The Bertz CT molecular complexity index is 657. The van der Waals surface area contributed by atoms with E-state index in [0.29, 0.717) is 30.6 Å². The molecule has 0 saturated heterocycles. The highest BCUT2D eigenvalue weighted by atomic mass is 32.2. The third-order valence-electron chi connectivity index (χ3n) is 9.22. The Balaban J connectivity index is 1.62. The minimum absolute atomic E-state index is 0.137. The van der Waals surface area contributed by atoms with E-state index in [1.165, 1.54) is 24.3 Å². The van der Waals surface area contributed by atoms with Gasteiger partial charge in [-0.15, -0.1) is 0 Å². The van der Waals surface area contributed by atoms with Crippen LogP contribution in [0.25, 0.3) is 0 Å². The molecule has 8 atom stereocenters. The van der Waals surface area contributed by atoms with Gasteiger partial charge >= 0.3 is 0 Å². The summed E-state index contributed by atoms with van der Waals surface area (Å²) in [5.41, 5.74) is -1.11. The van der Waals surface area contributed by atoms with Gasteiger partial charge in [-0.3, -0.25) is 0 Å². The Morgan fingerprint density at radius 2 is 1.93 bits per heavy atom. The highest BCUT2D eigenvalue weighted by molar-refractivity contribution is 7.99. The Hall–Kier alpha value is -0.310. The second-order valence-electron chi connectivity index (χ2n) is 10.5. The average molecular weight is 409 g/mol. The summed E-state index contributed by atoms with van der Waals surface area (Å²) in [4.78, 5) is 0. The zero-order valence-electron chi connectivity index (χ0n) is 18.1. The molecule has 0 heterocycles. The number of halogens is 2. The summed E-state index contributed by atoms with van der Waals surface area (Å²) in [6, 6.07) is 0. The van der Waals surface area contributed by atoms with Crippen molar-refractivity contribution in [2.45, 2.75) is 84.5 Å². The minimum atomic E-state index is -1.28. The summed E-state index contributed by atoms with van der Waals surface area (Å²) < 4.78 is 32.2. The molecule has 0 radical (unpaired) electrons. The van der Waals surface area contributed by atoms with E-state index in [-0.39, 0.29) is 11.3 Å². The number of thioether (sulfide) groups is 1. The van der Waals surface area contributed by atoms with Crippen LogP contribution in [0.4, 0.5) is 8.78 Å². The molecule has 28 heavy (non-hydrogen) atoms. The summed E-state index contributed by atoms with van der Waals surface area (Å²) in [5.74, 6) is 3.94. The zero-order chi connectivity index (χ0) is 20.2. The maximum absolute atomic E-state index is 16.9. The smallest absolute Gasteiger partial charge is 0.126 e. The molecule has 3 fully saturated rings. The number of rotatable bonds is 5. The van der Waals surface area contributed by atoms with E-state index >= 15 is 8.78 Å². The van der Waals surface area contributed by atoms with E-state index in [1.54, 1.807) is 0 Å². The van der Waals surface area contributed by atoms with Crippen molar-refractivity contribution in [1.82, 2.24) is 0 Å². The van der Waals surface area contributed by atoms with Gasteiger partial charge < -0.3 is 0 Å². The molecular formula is C25H38F2S. The number of fused-ring (bicyclic) bond motifs is 5. The maximum atomic E-state index is 16.9. The van der Waals surface area contributed by atoms with Gasteiger partial charge in [-0.05, 0) is 92.1 Å². The van der Waals surface area contributed by atoms with Crippen molar-refractivity contribution in [3.63, 3.8) is 0 Å². The quantitative estimate of drug-likeness (QED) is 0.334. The molecule has 0 aromatic carbocycles. The molecule has 4 rings (SSSR count). The lowest BCUT2D eigenvalue weighted by molar-refractivity contribution is -0.137. The first-order valence-corrected chi connectivity index (χ1v) is 12.7. The molecule has 158 valence electrons. The third-order valence-corrected chi connectivity index (χ3v) is 10.4. The monoisotopic (exact) mass is 408 g/mol. The van der Waals surface area contributed by atoms with Crippen molar-refractivity contribution in [3.05, 3.63) is 23.8 Å². The minimum Gasteiger partial charge on any atom is -0.243 e. The lowest BCUT2D eigenvalue weighted by Crippen LogP contribution is -2.61. The van der Waals surface area contributed by atoms with Crippen molar-refractivity contribution in [2.75, 3.05) is 11.5 Å². The molecule has 0 nitrogen and oxygen atoms in total. The lowest BCUT2D eigenvalue weighted by Gasteiger charge is -2.61. The molecular weight excluding hydrogens is 370 g/mol. The number of allylic oxidation sites excluding steroid dienone is 4. The van der Waals surface area contributed by atoms with E-state index in [4.69, 9.17) is 0 Å². The zero-order valence-corrected chi connectivity index (χ0v) is 19.0. The van der Waals surface area contributed by atoms with E-state index in [9.17, 15) is 0 Å². The molecule has 0 bridgehead atoms. The van der Waals surface area contributed by atoms with Gasteiger partial charge in [0.15, 0.2) is 0 Å². The molecule has 3 saturated carbocycles. The van der Waals surface area contributed by atoms with Crippen molar-refractivity contribution in [1.29, 1.82) is 0 Å². The standard InChI is InChI=1S/C25H38F2S/c1-5-13-28-14-9-18-17(2)15-20-21-16-22(26)19-8-6-7-10-24(19,4)25(21,27)12-11-23(18,20)3/h7-8,10,17-18,20-22H,5-6,9,11-16H2,1-4H3/t17-,18+,20+,21+,22?,23-,24+,25-/m1/s1.